The van der Waals surface area contributed by atoms with Gasteiger partial charge in [-0.25, -0.2) is 4.57 Å². The highest BCUT2D eigenvalue weighted by Crippen LogP contribution is 2.42. The Hall–Kier alpha value is -3.91. The summed E-state index contributed by atoms with van der Waals surface area (Å²) < 4.78 is 8.85. The lowest BCUT2D eigenvalue weighted by Gasteiger charge is -2.07. The molecule has 0 bridgehead atoms. The number of furan rings is 1. The smallest absolute Gasteiger partial charge is 0.221 e. The summed E-state index contributed by atoms with van der Waals surface area (Å²) in [6, 6.07) is 28.4. The molecule has 0 spiro atoms. The summed E-state index contributed by atoms with van der Waals surface area (Å²) in [6.45, 7) is 2.18. The summed E-state index contributed by atoms with van der Waals surface area (Å²) >= 11 is 0. The maximum atomic E-state index is 6.62. The molecule has 0 aliphatic heterocycles. The number of benzene rings is 5. The topological polar surface area (TPSA) is 17.0 Å². The van der Waals surface area contributed by atoms with Crippen LogP contribution in [-0.2, 0) is 7.05 Å². The first kappa shape index (κ1) is 16.8. The van der Waals surface area contributed by atoms with Crippen molar-refractivity contribution in [2.45, 2.75) is 6.92 Å². The van der Waals surface area contributed by atoms with Gasteiger partial charge in [0, 0.05) is 22.2 Å². The number of hydrogen-bond acceptors (Lipinski definition) is 1. The number of pyridine rings is 1. The van der Waals surface area contributed by atoms with Crippen LogP contribution in [-0.4, -0.2) is 0 Å². The number of fused-ring (bicyclic) bond motifs is 11. The maximum absolute atomic E-state index is 6.62. The van der Waals surface area contributed by atoms with Crippen LogP contribution in [0.3, 0.4) is 0 Å². The molecule has 5 aromatic carbocycles. The lowest BCUT2D eigenvalue weighted by molar-refractivity contribution is -0.644. The number of rotatable bonds is 0. The largest absolute Gasteiger partial charge is 0.455 e. The van der Waals surface area contributed by atoms with Crippen LogP contribution in [0.5, 0.6) is 0 Å². The molecule has 0 radical (unpaired) electrons. The summed E-state index contributed by atoms with van der Waals surface area (Å²) in [5.74, 6) is 0. The van der Waals surface area contributed by atoms with Gasteiger partial charge < -0.3 is 4.42 Å². The van der Waals surface area contributed by atoms with Crippen LogP contribution in [0.25, 0.3) is 65.2 Å². The molecule has 2 heterocycles. The van der Waals surface area contributed by atoms with Crippen molar-refractivity contribution in [1.29, 1.82) is 0 Å². The fourth-order valence-electron chi connectivity index (χ4n) is 5.35. The Morgan fingerprint density at radius 3 is 2.39 bits per heavy atom. The van der Waals surface area contributed by atoms with E-state index in [2.05, 4.69) is 104 Å². The molecule has 146 valence electrons. The van der Waals surface area contributed by atoms with E-state index >= 15 is 0 Å². The Morgan fingerprint density at radius 1 is 0.645 bits per heavy atom. The predicted molar refractivity (Wildman–Crippen MR) is 130 cm³/mol. The molecule has 0 aliphatic rings. The van der Waals surface area contributed by atoms with E-state index in [0.717, 1.165) is 11.2 Å². The third-order valence-electron chi connectivity index (χ3n) is 6.76. The fourth-order valence-corrected chi connectivity index (χ4v) is 5.35. The summed E-state index contributed by atoms with van der Waals surface area (Å²) in [5, 5.41) is 11.1. The molecule has 0 saturated heterocycles. The normalized spacial score (nSPS) is 12.2. The zero-order chi connectivity index (χ0) is 20.7. The average Bonchev–Trinajstić information content (AvgIpc) is 3.17. The molecule has 2 aromatic heterocycles. The van der Waals surface area contributed by atoms with Crippen LogP contribution in [0.15, 0.2) is 89.5 Å². The Balaban J connectivity index is 1.79. The van der Waals surface area contributed by atoms with Crippen LogP contribution >= 0.6 is 0 Å². The minimum absolute atomic E-state index is 0.945. The van der Waals surface area contributed by atoms with Crippen molar-refractivity contribution in [1.82, 2.24) is 0 Å². The second-order valence-electron chi connectivity index (χ2n) is 8.54. The summed E-state index contributed by atoms with van der Waals surface area (Å²) in [6.07, 6.45) is 2.13. The number of hydrogen-bond donors (Lipinski definition) is 0. The van der Waals surface area contributed by atoms with Crippen LogP contribution in [0, 0.1) is 6.92 Å². The first-order valence-electron chi connectivity index (χ1n) is 10.7. The highest BCUT2D eigenvalue weighted by Gasteiger charge is 2.21. The van der Waals surface area contributed by atoms with Crippen LogP contribution in [0.2, 0.25) is 0 Å². The zero-order valence-electron chi connectivity index (χ0n) is 17.4. The van der Waals surface area contributed by atoms with Gasteiger partial charge in [0.15, 0.2) is 6.20 Å². The Kier molecular flexibility index (Phi) is 3.17. The van der Waals surface area contributed by atoms with Crippen LogP contribution in [0.4, 0.5) is 0 Å². The minimum atomic E-state index is 0.945. The van der Waals surface area contributed by atoms with E-state index in [1.165, 1.54) is 59.6 Å². The van der Waals surface area contributed by atoms with E-state index in [0.29, 0.717) is 0 Å². The van der Waals surface area contributed by atoms with Crippen LogP contribution < -0.4 is 4.57 Å². The Labute approximate surface area is 178 Å². The molecule has 31 heavy (non-hydrogen) atoms. The molecule has 0 aliphatic carbocycles. The molecule has 0 unspecified atom stereocenters. The van der Waals surface area contributed by atoms with Crippen molar-refractivity contribution in [2.24, 2.45) is 7.05 Å². The maximum Gasteiger partial charge on any atom is 0.221 e. The number of nitrogens with zero attached hydrogens (tertiary/aromatic N) is 1. The van der Waals surface area contributed by atoms with Gasteiger partial charge in [-0.1, -0.05) is 54.6 Å². The fraction of sp³-hybridized carbons (Fsp3) is 0.0690. The molecule has 7 rings (SSSR count). The van der Waals surface area contributed by atoms with Gasteiger partial charge in [0.2, 0.25) is 5.52 Å². The summed E-state index contributed by atoms with van der Waals surface area (Å²) in [5.41, 5.74) is 4.44. The first-order chi connectivity index (χ1) is 15.2. The Morgan fingerprint density at radius 2 is 1.45 bits per heavy atom. The number of aryl methyl sites for hydroxylation is 2. The second kappa shape index (κ2) is 5.83. The van der Waals surface area contributed by atoms with E-state index in [4.69, 9.17) is 4.42 Å². The van der Waals surface area contributed by atoms with Gasteiger partial charge in [-0.2, -0.15) is 0 Å². The average molecular weight is 398 g/mol. The van der Waals surface area contributed by atoms with Crippen molar-refractivity contribution in [3.8, 4) is 0 Å². The molecule has 7 aromatic rings. The second-order valence-corrected chi connectivity index (χ2v) is 8.54. The molecule has 2 heteroatoms. The van der Waals surface area contributed by atoms with Gasteiger partial charge >= 0.3 is 0 Å². The summed E-state index contributed by atoms with van der Waals surface area (Å²) in [4.78, 5) is 0. The molecule has 0 N–H and O–H groups in total. The molecular weight excluding hydrogens is 378 g/mol. The van der Waals surface area contributed by atoms with Gasteiger partial charge in [-0.15, -0.1) is 0 Å². The predicted octanol–water partition coefficient (Wildman–Crippen LogP) is 7.33. The summed E-state index contributed by atoms with van der Waals surface area (Å²) in [7, 11) is 2.13. The van der Waals surface area contributed by atoms with Crippen molar-refractivity contribution < 1.29 is 8.98 Å². The quantitative estimate of drug-likeness (QED) is 0.193. The third-order valence-corrected chi connectivity index (χ3v) is 6.76. The Bertz CT molecular complexity index is 1860. The highest BCUT2D eigenvalue weighted by molar-refractivity contribution is 6.30. The molecule has 0 atom stereocenters. The van der Waals surface area contributed by atoms with E-state index in [1.807, 2.05) is 0 Å². The van der Waals surface area contributed by atoms with Crippen molar-refractivity contribution >= 4 is 65.2 Å². The lowest BCUT2D eigenvalue weighted by Crippen LogP contribution is -2.28. The lowest BCUT2D eigenvalue weighted by atomic mass is 9.95. The molecular formula is C29H20NO+. The molecule has 0 fully saturated rings. The molecule has 2 nitrogen and oxygen atoms in total. The third kappa shape index (κ3) is 2.14. The molecule has 0 amide bonds. The SMILES string of the molecule is Cc1cccc2c3oc4cc5c(ccc6ccccc65)cc4c3c3ccc[n+](C)c3c12. The van der Waals surface area contributed by atoms with Gasteiger partial charge in [0.25, 0.3) is 0 Å². The van der Waals surface area contributed by atoms with E-state index < -0.39 is 0 Å². The van der Waals surface area contributed by atoms with E-state index in [1.54, 1.807) is 0 Å². The minimum Gasteiger partial charge on any atom is -0.455 e. The monoisotopic (exact) mass is 398 g/mol. The van der Waals surface area contributed by atoms with Crippen molar-refractivity contribution in [3.05, 3.63) is 90.6 Å². The molecule has 0 saturated carbocycles. The van der Waals surface area contributed by atoms with E-state index in [-0.39, 0.29) is 0 Å². The van der Waals surface area contributed by atoms with Gasteiger partial charge in [-0.3, -0.25) is 0 Å². The highest BCUT2D eigenvalue weighted by atomic mass is 16.3. The van der Waals surface area contributed by atoms with E-state index in [9.17, 15) is 0 Å². The van der Waals surface area contributed by atoms with Gasteiger partial charge in [-0.05, 0) is 52.2 Å². The zero-order valence-corrected chi connectivity index (χ0v) is 17.4. The van der Waals surface area contributed by atoms with Gasteiger partial charge in [0.1, 0.15) is 18.2 Å². The van der Waals surface area contributed by atoms with Crippen LogP contribution in [0.1, 0.15) is 5.56 Å². The van der Waals surface area contributed by atoms with Crippen molar-refractivity contribution in [3.63, 3.8) is 0 Å². The van der Waals surface area contributed by atoms with Crippen molar-refractivity contribution in [2.75, 3.05) is 0 Å². The van der Waals surface area contributed by atoms with Gasteiger partial charge in [0.05, 0.1) is 10.8 Å². The number of aromatic nitrogens is 1. The first-order valence-corrected chi connectivity index (χ1v) is 10.7. The standard InChI is InChI=1S/C29H20NO/c1-17-7-5-10-22-26(17)28-21(11-6-14-30(28)2)27-24-15-19-13-12-18-8-3-4-9-20(18)23(19)16-25(24)31-29(22)27/h3-16H,1-2H3/q+1.